The van der Waals surface area contributed by atoms with Crippen molar-refractivity contribution in [3.8, 4) is 11.5 Å². The van der Waals surface area contributed by atoms with Crippen molar-refractivity contribution >= 4 is 32.5 Å². The van der Waals surface area contributed by atoms with E-state index in [1.165, 1.54) is 19.1 Å². The fraction of sp³-hybridized carbons (Fsp3) is 0.400. The van der Waals surface area contributed by atoms with Crippen molar-refractivity contribution in [1.82, 2.24) is 14.6 Å². The van der Waals surface area contributed by atoms with E-state index < -0.39 is 10.0 Å². The molecule has 10 heteroatoms. The summed E-state index contributed by atoms with van der Waals surface area (Å²) in [4.78, 5) is 16.9. The number of H-pyrrole nitrogens is 1. The van der Waals surface area contributed by atoms with Crippen molar-refractivity contribution in [2.45, 2.75) is 30.8 Å². The molecule has 1 fully saturated rings. The van der Waals surface area contributed by atoms with Crippen LogP contribution in [-0.4, -0.2) is 63.1 Å². The first-order valence-electron chi connectivity index (χ1n) is 11.9. The number of anilines is 1. The van der Waals surface area contributed by atoms with Gasteiger partial charge in [-0.1, -0.05) is 0 Å². The minimum atomic E-state index is -3.60. The average molecular weight is 499 g/mol. The third-order valence-corrected chi connectivity index (χ3v) is 8.01. The molecule has 0 unspecified atom stereocenters. The number of sulfonamides is 1. The van der Waals surface area contributed by atoms with Gasteiger partial charge in [-0.15, -0.1) is 0 Å². The number of fused-ring (bicyclic) bond motifs is 3. The highest BCUT2D eigenvalue weighted by Crippen LogP contribution is 2.38. The van der Waals surface area contributed by atoms with Gasteiger partial charge in [0.05, 0.1) is 4.90 Å². The van der Waals surface area contributed by atoms with Crippen LogP contribution >= 0.6 is 0 Å². The summed E-state index contributed by atoms with van der Waals surface area (Å²) in [6, 6.07) is 12.1. The topological polar surface area (TPSA) is 113 Å². The summed E-state index contributed by atoms with van der Waals surface area (Å²) in [5, 5.41) is 3.67. The molecule has 1 atom stereocenters. The van der Waals surface area contributed by atoms with Crippen LogP contribution in [0.4, 0.5) is 5.69 Å². The largest absolute Gasteiger partial charge is 0.486 e. The second-order valence-corrected chi connectivity index (χ2v) is 11.0. The second-order valence-electron chi connectivity index (χ2n) is 9.18. The Morgan fingerprint density at radius 2 is 1.89 bits per heavy atom. The molecule has 1 saturated heterocycles. The van der Waals surface area contributed by atoms with Gasteiger partial charge in [0.1, 0.15) is 12.7 Å². The molecule has 2 aliphatic heterocycles. The van der Waals surface area contributed by atoms with Crippen molar-refractivity contribution in [2.24, 2.45) is 5.92 Å². The third-order valence-electron chi connectivity index (χ3n) is 6.57. The van der Waals surface area contributed by atoms with Crippen LogP contribution < -0.4 is 19.5 Å². The van der Waals surface area contributed by atoms with Gasteiger partial charge in [0.25, 0.3) is 0 Å². The zero-order chi connectivity index (χ0) is 24.4. The maximum atomic E-state index is 12.7. The number of aromatic amines is 1. The number of carbonyl (C=O) groups is 1. The maximum Gasteiger partial charge on any atom is 0.240 e. The van der Waals surface area contributed by atoms with E-state index in [-0.39, 0.29) is 22.8 Å². The van der Waals surface area contributed by atoms with Crippen LogP contribution in [0.5, 0.6) is 11.5 Å². The van der Waals surface area contributed by atoms with E-state index in [1.807, 2.05) is 24.4 Å². The quantitative estimate of drug-likeness (QED) is 0.462. The molecule has 0 bridgehead atoms. The van der Waals surface area contributed by atoms with E-state index in [0.29, 0.717) is 18.8 Å². The lowest BCUT2D eigenvalue weighted by Crippen LogP contribution is -2.45. The van der Waals surface area contributed by atoms with Crippen LogP contribution in [0, 0.1) is 5.92 Å². The van der Waals surface area contributed by atoms with Crippen LogP contribution in [-0.2, 0) is 14.8 Å². The van der Waals surface area contributed by atoms with E-state index in [0.717, 1.165) is 54.9 Å². The van der Waals surface area contributed by atoms with E-state index in [1.54, 1.807) is 12.1 Å². The van der Waals surface area contributed by atoms with Gasteiger partial charge in [-0.3, -0.25) is 9.69 Å². The Bertz CT molecular complexity index is 1300. The first-order chi connectivity index (χ1) is 16.9. The van der Waals surface area contributed by atoms with Crippen molar-refractivity contribution in [1.29, 1.82) is 0 Å². The Balaban J connectivity index is 1.09. The van der Waals surface area contributed by atoms with E-state index in [4.69, 9.17) is 9.47 Å². The first-order valence-corrected chi connectivity index (χ1v) is 13.3. The Hall–Kier alpha value is -3.08. The van der Waals surface area contributed by atoms with Gasteiger partial charge < -0.3 is 19.8 Å². The van der Waals surface area contributed by atoms with Crippen molar-refractivity contribution in [2.75, 3.05) is 38.1 Å². The molecular weight excluding hydrogens is 468 g/mol. The number of hydrogen-bond acceptors (Lipinski definition) is 6. The minimum Gasteiger partial charge on any atom is -0.486 e. The normalized spacial score (nSPS) is 19.1. The number of benzene rings is 2. The lowest BCUT2D eigenvalue weighted by molar-refractivity contribution is -0.114. The lowest BCUT2D eigenvalue weighted by atomic mass is 9.97. The van der Waals surface area contributed by atoms with Gasteiger partial charge in [-0.25, -0.2) is 13.1 Å². The third kappa shape index (κ3) is 5.44. The molecular formula is C25H30N4O5S. The molecule has 3 N–H and O–H groups in total. The molecule has 186 valence electrons. The van der Waals surface area contributed by atoms with E-state index in [2.05, 4.69) is 19.9 Å². The van der Waals surface area contributed by atoms with Gasteiger partial charge in [0.2, 0.25) is 15.9 Å². The molecule has 0 saturated carbocycles. The predicted octanol–water partition coefficient (Wildman–Crippen LogP) is 2.96. The lowest BCUT2D eigenvalue weighted by Gasteiger charge is -2.35. The SMILES string of the molecule is CC(=O)Nc1ccc(S(=O)(=O)NCC2CCN(C[C@H]3COc4ccc5[nH]ccc5c4O3)CC2)cc1. The zero-order valence-corrected chi connectivity index (χ0v) is 20.4. The number of nitrogens with zero attached hydrogens (tertiary/aromatic N) is 1. The number of aromatic nitrogens is 1. The number of likely N-dealkylation sites (tertiary alicyclic amines) is 1. The summed E-state index contributed by atoms with van der Waals surface area (Å²) in [6.07, 6.45) is 3.68. The van der Waals surface area contributed by atoms with Gasteiger partial charge in [-0.2, -0.15) is 0 Å². The Morgan fingerprint density at radius 3 is 2.63 bits per heavy atom. The molecule has 0 aliphatic carbocycles. The van der Waals surface area contributed by atoms with E-state index >= 15 is 0 Å². The van der Waals surface area contributed by atoms with Crippen molar-refractivity contribution in [3.05, 3.63) is 48.7 Å². The van der Waals surface area contributed by atoms with Crippen LogP contribution in [0.3, 0.4) is 0 Å². The van der Waals surface area contributed by atoms with E-state index in [9.17, 15) is 13.2 Å². The summed E-state index contributed by atoms with van der Waals surface area (Å²) < 4.78 is 40.3. The summed E-state index contributed by atoms with van der Waals surface area (Å²) in [5.74, 6) is 1.66. The molecule has 35 heavy (non-hydrogen) atoms. The molecule has 9 nitrogen and oxygen atoms in total. The fourth-order valence-corrected chi connectivity index (χ4v) is 5.80. The van der Waals surface area contributed by atoms with Gasteiger partial charge in [0.15, 0.2) is 11.5 Å². The highest BCUT2D eigenvalue weighted by atomic mass is 32.2. The number of amides is 1. The molecule has 0 radical (unpaired) electrons. The fourth-order valence-electron chi connectivity index (χ4n) is 4.69. The summed E-state index contributed by atoms with van der Waals surface area (Å²) in [7, 11) is -3.60. The van der Waals surface area contributed by atoms with Crippen molar-refractivity contribution < 1.29 is 22.7 Å². The molecule has 2 aliphatic rings. The average Bonchev–Trinajstić information content (AvgIpc) is 3.33. The van der Waals surface area contributed by atoms with Crippen LogP contribution in [0.25, 0.3) is 10.9 Å². The number of nitrogens with one attached hydrogen (secondary N) is 3. The first kappa shape index (κ1) is 23.7. The van der Waals surface area contributed by atoms with Gasteiger partial charge in [-0.05, 0) is 74.3 Å². The zero-order valence-electron chi connectivity index (χ0n) is 19.6. The summed E-state index contributed by atoms with van der Waals surface area (Å²) in [5.41, 5.74) is 1.59. The number of ether oxygens (including phenoxy) is 2. The highest BCUT2D eigenvalue weighted by molar-refractivity contribution is 7.89. The Kier molecular flexibility index (Phi) is 6.68. The molecule has 1 aromatic heterocycles. The number of hydrogen-bond donors (Lipinski definition) is 3. The minimum absolute atomic E-state index is 0.0430. The summed E-state index contributed by atoms with van der Waals surface area (Å²) in [6.45, 7) is 4.89. The van der Waals surface area contributed by atoms with Crippen molar-refractivity contribution in [3.63, 3.8) is 0 Å². The molecule has 0 spiro atoms. The maximum absolute atomic E-state index is 12.7. The standard InChI is InChI=1S/C25H30N4O5S/c1-17(30)28-19-2-4-21(5-3-19)35(31,32)27-14-18-9-12-29(13-10-18)15-20-16-33-24-7-6-23-22(8-11-26-23)25(24)34-20/h2-8,11,18,20,26-27H,9-10,12-16H2,1H3,(H,28,30)/t20-/m0/s1. The molecule has 3 aromatic rings. The second kappa shape index (κ2) is 9.88. The Labute approximate surface area is 204 Å². The molecule has 3 heterocycles. The number of rotatable bonds is 7. The van der Waals surface area contributed by atoms with Gasteiger partial charge >= 0.3 is 0 Å². The number of piperidine rings is 1. The van der Waals surface area contributed by atoms with Crippen LogP contribution in [0.1, 0.15) is 19.8 Å². The monoisotopic (exact) mass is 498 g/mol. The van der Waals surface area contributed by atoms with Gasteiger partial charge in [0, 0.05) is 42.8 Å². The highest BCUT2D eigenvalue weighted by Gasteiger charge is 2.28. The molecule has 2 aromatic carbocycles. The summed E-state index contributed by atoms with van der Waals surface area (Å²) >= 11 is 0. The molecule has 5 rings (SSSR count). The van der Waals surface area contributed by atoms with Crippen LogP contribution in [0.15, 0.2) is 53.6 Å². The number of carbonyl (C=O) groups excluding carboxylic acids is 1. The van der Waals surface area contributed by atoms with Crippen LogP contribution in [0.2, 0.25) is 0 Å². The predicted molar refractivity (Wildman–Crippen MR) is 133 cm³/mol. The molecule has 1 amide bonds. The smallest absolute Gasteiger partial charge is 0.240 e. The Morgan fingerprint density at radius 1 is 1.11 bits per heavy atom.